The predicted octanol–water partition coefficient (Wildman–Crippen LogP) is 2.38. The number of ether oxygens (including phenoxy) is 3. The zero-order chi connectivity index (χ0) is 21.3. The maximum absolute atomic E-state index is 13.3. The molecule has 2 N–H and O–H groups in total. The molecule has 3 atom stereocenters. The minimum absolute atomic E-state index is 0.0591. The van der Waals surface area contributed by atoms with Crippen molar-refractivity contribution in [2.75, 3.05) is 20.4 Å². The lowest BCUT2D eigenvalue weighted by Gasteiger charge is -2.36. The number of imidazole rings is 1. The van der Waals surface area contributed by atoms with Gasteiger partial charge in [0, 0.05) is 18.7 Å². The van der Waals surface area contributed by atoms with Gasteiger partial charge < -0.3 is 29.4 Å². The first-order valence-electron chi connectivity index (χ1n) is 10.1. The maximum Gasteiger partial charge on any atom is 0.328 e. The highest BCUT2D eigenvalue weighted by molar-refractivity contribution is 5.84. The van der Waals surface area contributed by atoms with Crippen molar-refractivity contribution >= 4 is 12.0 Å². The van der Waals surface area contributed by atoms with Gasteiger partial charge in [-0.15, -0.1) is 0 Å². The Labute approximate surface area is 174 Å². The van der Waals surface area contributed by atoms with Gasteiger partial charge in [0.05, 0.1) is 19.1 Å². The summed E-state index contributed by atoms with van der Waals surface area (Å²) in [6.45, 7) is 4.55. The first kappa shape index (κ1) is 20.1. The summed E-state index contributed by atoms with van der Waals surface area (Å²) in [7, 11) is 1.33. The molecule has 0 spiro atoms. The molecule has 30 heavy (non-hydrogen) atoms. The van der Waals surface area contributed by atoms with Crippen LogP contribution in [0.25, 0.3) is 0 Å². The summed E-state index contributed by atoms with van der Waals surface area (Å²) in [6, 6.07) is 4.17. The number of urea groups is 1. The zero-order valence-electron chi connectivity index (χ0n) is 17.3. The summed E-state index contributed by atoms with van der Waals surface area (Å²) in [4.78, 5) is 34.9. The van der Waals surface area contributed by atoms with E-state index in [1.807, 2.05) is 32.0 Å². The average Bonchev–Trinajstić information content (AvgIpc) is 3.44. The van der Waals surface area contributed by atoms with E-state index in [2.05, 4.69) is 15.3 Å². The third-order valence-electron chi connectivity index (χ3n) is 5.85. The Kier molecular flexibility index (Phi) is 5.52. The highest BCUT2D eigenvalue weighted by Gasteiger charge is 2.37. The number of amides is 2. The first-order chi connectivity index (χ1) is 14.5. The Morgan fingerprint density at radius 2 is 2.17 bits per heavy atom. The Morgan fingerprint density at radius 3 is 2.93 bits per heavy atom. The molecule has 160 valence electrons. The first-order valence-corrected chi connectivity index (χ1v) is 10.1. The second-order valence-corrected chi connectivity index (χ2v) is 7.56. The molecular weight excluding hydrogens is 388 g/mol. The van der Waals surface area contributed by atoms with Crippen LogP contribution in [-0.2, 0) is 16.0 Å². The van der Waals surface area contributed by atoms with E-state index in [0.717, 1.165) is 23.4 Å². The van der Waals surface area contributed by atoms with E-state index in [1.165, 1.54) is 7.11 Å². The predicted molar refractivity (Wildman–Crippen MR) is 107 cm³/mol. The van der Waals surface area contributed by atoms with Crippen molar-refractivity contribution in [2.45, 2.75) is 38.8 Å². The van der Waals surface area contributed by atoms with Crippen LogP contribution in [0, 0.1) is 5.92 Å². The van der Waals surface area contributed by atoms with Crippen LogP contribution in [0.2, 0.25) is 0 Å². The summed E-state index contributed by atoms with van der Waals surface area (Å²) >= 11 is 0. The van der Waals surface area contributed by atoms with Gasteiger partial charge in [0.1, 0.15) is 12.1 Å². The van der Waals surface area contributed by atoms with E-state index < -0.39 is 18.1 Å². The molecule has 2 aliphatic heterocycles. The molecule has 0 saturated carbocycles. The lowest BCUT2D eigenvalue weighted by Crippen LogP contribution is -2.53. The fourth-order valence-electron chi connectivity index (χ4n) is 3.93. The lowest BCUT2D eigenvalue weighted by atomic mass is 9.95. The molecule has 1 aromatic carbocycles. The number of nitrogens with one attached hydrogen (secondary N) is 2. The Balaban J connectivity index is 1.66. The number of nitrogens with zero attached hydrogens (tertiary/aromatic N) is 2. The number of carbonyl (C=O) groups excluding carboxylic acids is 2. The monoisotopic (exact) mass is 414 g/mol. The smallest absolute Gasteiger partial charge is 0.328 e. The molecule has 0 saturated heterocycles. The van der Waals surface area contributed by atoms with Gasteiger partial charge in [0.15, 0.2) is 11.5 Å². The number of esters is 1. The standard InChI is InChI=1S/C21H26N4O5/c1-4-12(2)17(20(26)28-3)24-21(27)25-8-7-14-18(23-10-22-14)19(25)13-5-6-15-16(9-13)30-11-29-15/h5-6,9-10,12,17,19H,4,7-8,11H2,1-3H3,(H,22,23)(H,24,27)/t12-,17+,19?/m1/s1. The van der Waals surface area contributed by atoms with Crippen LogP contribution >= 0.6 is 0 Å². The largest absolute Gasteiger partial charge is 0.467 e. The lowest BCUT2D eigenvalue weighted by molar-refractivity contribution is -0.144. The quantitative estimate of drug-likeness (QED) is 0.728. The molecule has 9 heteroatoms. The Morgan fingerprint density at radius 1 is 1.37 bits per heavy atom. The van der Waals surface area contributed by atoms with Gasteiger partial charge in [0.2, 0.25) is 6.79 Å². The topological polar surface area (TPSA) is 106 Å². The molecule has 0 radical (unpaired) electrons. The number of benzene rings is 1. The summed E-state index contributed by atoms with van der Waals surface area (Å²) in [5, 5.41) is 2.88. The van der Waals surface area contributed by atoms with Gasteiger partial charge in [-0.1, -0.05) is 26.3 Å². The van der Waals surface area contributed by atoms with Gasteiger partial charge in [-0.05, 0) is 23.6 Å². The molecule has 0 fully saturated rings. The van der Waals surface area contributed by atoms with Crippen LogP contribution in [0.1, 0.15) is 43.3 Å². The molecule has 9 nitrogen and oxygen atoms in total. The molecular formula is C21H26N4O5. The fourth-order valence-corrected chi connectivity index (χ4v) is 3.93. The number of hydrogen-bond donors (Lipinski definition) is 2. The molecule has 2 aliphatic rings. The number of methoxy groups -OCH3 is 1. The normalized spacial score (nSPS) is 19.0. The average molecular weight is 414 g/mol. The van der Waals surface area contributed by atoms with Crippen molar-refractivity contribution in [3.05, 3.63) is 41.5 Å². The van der Waals surface area contributed by atoms with Gasteiger partial charge in [-0.2, -0.15) is 0 Å². The van der Waals surface area contributed by atoms with Crippen LogP contribution in [0.3, 0.4) is 0 Å². The molecule has 0 aliphatic carbocycles. The summed E-state index contributed by atoms with van der Waals surface area (Å²) in [5.74, 6) is 0.809. The summed E-state index contributed by atoms with van der Waals surface area (Å²) in [5.41, 5.74) is 2.64. The van der Waals surface area contributed by atoms with E-state index >= 15 is 0 Å². The van der Waals surface area contributed by atoms with Gasteiger partial charge in [-0.3, -0.25) is 0 Å². The van der Waals surface area contributed by atoms with Crippen LogP contribution in [-0.4, -0.2) is 53.4 Å². The van der Waals surface area contributed by atoms with Crippen molar-refractivity contribution in [1.82, 2.24) is 20.2 Å². The number of rotatable bonds is 5. The second-order valence-electron chi connectivity index (χ2n) is 7.56. The number of fused-ring (bicyclic) bond motifs is 2. The van der Waals surface area contributed by atoms with Crippen molar-refractivity contribution < 1.29 is 23.8 Å². The maximum atomic E-state index is 13.3. The molecule has 4 rings (SSSR count). The van der Waals surface area contributed by atoms with Crippen LogP contribution in [0.15, 0.2) is 24.5 Å². The number of H-pyrrole nitrogens is 1. The SMILES string of the molecule is CC[C@@H](C)[C@H](NC(=O)N1CCc2[nH]cnc2C1c1ccc2c(c1)OCO2)C(=O)OC. The van der Waals surface area contributed by atoms with E-state index in [1.54, 1.807) is 11.2 Å². The number of carbonyl (C=O) groups is 2. The van der Waals surface area contributed by atoms with Crippen molar-refractivity contribution in [1.29, 1.82) is 0 Å². The van der Waals surface area contributed by atoms with Gasteiger partial charge >= 0.3 is 12.0 Å². The molecule has 3 heterocycles. The summed E-state index contributed by atoms with van der Waals surface area (Å²) < 4.78 is 15.8. The molecule has 1 aromatic heterocycles. The number of aromatic nitrogens is 2. The van der Waals surface area contributed by atoms with Crippen molar-refractivity contribution in [2.24, 2.45) is 5.92 Å². The third-order valence-corrected chi connectivity index (χ3v) is 5.85. The number of hydrogen-bond acceptors (Lipinski definition) is 6. The van der Waals surface area contributed by atoms with E-state index in [0.29, 0.717) is 24.5 Å². The minimum atomic E-state index is -0.717. The van der Waals surface area contributed by atoms with Gasteiger partial charge in [-0.25, -0.2) is 14.6 Å². The second kappa shape index (κ2) is 8.25. The van der Waals surface area contributed by atoms with Crippen molar-refractivity contribution in [3.8, 4) is 11.5 Å². The molecule has 1 unspecified atom stereocenters. The van der Waals surface area contributed by atoms with Crippen LogP contribution in [0.5, 0.6) is 11.5 Å². The minimum Gasteiger partial charge on any atom is -0.467 e. The van der Waals surface area contributed by atoms with Crippen molar-refractivity contribution in [3.63, 3.8) is 0 Å². The fraction of sp³-hybridized carbons (Fsp3) is 0.476. The van der Waals surface area contributed by atoms with Crippen LogP contribution < -0.4 is 14.8 Å². The number of aromatic amines is 1. The van der Waals surface area contributed by atoms with E-state index in [4.69, 9.17) is 14.2 Å². The Hall–Kier alpha value is -3.23. The van der Waals surface area contributed by atoms with Crippen LogP contribution in [0.4, 0.5) is 4.79 Å². The summed E-state index contributed by atoms with van der Waals surface area (Å²) in [6.07, 6.45) is 3.02. The highest BCUT2D eigenvalue weighted by atomic mass is 16.7. The zero-order valence-corrected chi connectivity index (χ0v) is 17.3. The van der Waals surface area contributed by atoms with Gasteiger partial charge in [0.25, 0.3) is 0 Å². The molecule has 0 bridgehead atoms. The molecule has 2 aromatic rings. The Bertz CT molecular complexity index is 943. The van der Waals surface area contributed by atoms with E-state index in [-0.39, 0.29) is 18.7 Å². The highest BCUT2D eigenvalue weighted by Crippen LogP contribution is 2.39. The molecule has 2 amide bonds. The van der Waals surface area contributed by atoms with E-state index in [9.17, 15) is 9.59 Å². The third kappa shape index (κ3) is 3.55.